The van der Waals surface area contributed by atoms with Gasteiger partial charge in [-0.2, -0.15) is 0 Å². The Bertz CT molecular complexity index is 618. The summed E-state index contributed by atoms with van der Waals surface area (Å²) < 4.78 is 4.94. The van der Waals surface area contributed by atoms with E-state index >= 15 is 0 Å². The van der Waals surface area contributed by atoms with E-state index in [4.69, 9.17) is 4.74 Å². The van der Waals surface area contributed by atoms with Crippen LogP contribution in [0.4, 0.5) is 4.79 Å². The van der Waals surface area contributed by atoms with Gasteiger partial charge in [0.05, 0.1) is 0 Å². The molecule has 144 valence electrons. The van der Waals surface area contributed by atoms with Crippen molar-refractivity contribution in [2.45, 2.75) is 64.0 Å². The number of urea groups is 1. The number of nitrogens with zero attached hydrogens (tertiary/aromatic N) is 1. The molecule has 1 spiro atoms. The molecule has 4 amide bonds. The maximum atomic E-state index is 12.8. The highest BCUT2D eigenvalue weighted by Gasteiger charge is 2.55. The summed E-state index contributed by atoms with van der Waals surface area (Å²) in [6.45, 7) is 3.01. The number of imide groups is 1. The van der Waals surface area contributed by atoms with Gasteiger partial charge in [-0.15, -0.1) is 0 Å². The van der Waals surface area contributed by atoms with E-state index in [1.54, 1.807) is 0 Å². The molecule has 0 unspecified atom stereocenters. The minimum atomic E-state index is -0.896. The van der Waals surface area contributed by atoms with Gasteiger partial charge in [-0.05, 0) is 44.4 Å². The number of nitrogens with one attached hydrogen (secondary N) is 2. The van der Waals surface area contributed by atoms with Crippen molar-refractivity contribution in [3.63, 3.8) is 0 Å². The molecular formula is C18H27N3O5. The molecule has 3 rings (SSSR count). The van der Waals surface area contributed by atoms with Crippen molar-refractivity contribution in [1.82, 2.24) is 15.5 Å². The fraction of sp³-hybridized carbons (Fsp3) is 0.778. The van der Waals surface area contributed by atoms with Gasteiger partial charge >= 0.3 is 12.0 Å². The van der Waals surface area contributed by atoms with Crippen LogP contribution in [0, 0.1) is 11.8 Å². The number of hydrogen-bond donors (Lipinski definition) is 2. The molecule has 0 bridgehead atoms. The maximum Gasteiger partial charge on any atom is 0.326 e. The van der Waals surface area contributed by atoms with Gasteiger partial charge in [0.1, 0.15) is 12.1 Å². The van der Waals surface area contributed by atoms with Crippen molar-refractivity contribution in [2.75, 3.05) is 13.2 Å². The zero-order valence-electron chi connectivity index (χ0n) is 15.4. The monoisotopic (exact) mass is 365 g/mol. The van der Waals surface area contributed by atoms with Crippen LogP contribution >= 0.6 is 0 Å². The van der Waals surface area contributed by atoms with E-state index in [2.05, 4.69) is 10.6 Å². The molecule has 2 N–H and O–H groups in total. The van der Waals surface area contributed by atoms with Gasteiger partial charge < -0.3 is 15.4 Å². The number of hydrogen-bond acceptors (Lipinski definition) is 5. The van der Waals surface area contributed by atoms with Crippen LogP contribution in [-0.2, 0) is 19.1 Å². The van der Waals surface area contributed by atoms with Gasteiger partial charge in [0.2, 0.25) is 0 Å². The van der Waals surface area contributed by atoms with Crippen LogP contribution in [0.3, 0.4) is 0 Å². The van der Waals surface area contributed by atoms with Crippen molar-refractivity contribution >= 4 is 23.8 Å². The van der Waals surface area contributed by atoms with Crippen LogP contribution in [0.1, 0.15) is 52.4 Å². The molecule has 0 aromatic carbocycles. The second-order valence-corrected chi connectivity index (χ2v) is 7.79. The standard InChI is InChI=1S/C18H27N3O5/c1-11-5-3-4-8-18(11)16(24)21(17(25)20-18)9-15(23)26-10-14(22)19-12(2)13-6-7-13/h11-13H,3-10H2,1-2H3,(H,19,22)(H,20,25)/t11-,12-,18+/m0/s1. The lowest BCUT2D eigenvalue weighted by Crippen LogP contribution is -2.54. The van der Waals surface area contributed by atoms with E-state index in [9.17, 15) is 19.2 Å². The number of ether oxygens (including phenoxy) is 1. The first-order valence-corrected chi connectivity index (χ1v) is 9.42. The van der Waals surface area contributed by atoms with Gasteiger partial charge in [0.15, 0.2) is 6.61 Å². The van der Waals surface area contributed by atoms with Crippen LogP contribution in [-0.4, -0.2) is 53.4 Å². The van der Waals surface area contributed by atoms with Crippen molar-refractivity contribution in [2.24, 2.45) is 11.8 Å². The topological polar surface area (TPSA) is 105 Å². The molecule has 0 radical (unpaired) electrons. The molecule has 1 aliphatic heterocycles. The summed E-state index contributed by atoms with van der Waals surface area (Å²) in [5.74, 6) is -0.952. The Balaban J connectivity index is 1.50. The van der Waals surface area contributed by atoms with E-state index in [0.29, 0.717) is 12.3 Å². The summed E-state index contributed by atoms with van der Waals surface area (Å²) in [6, 6.07) is -0.493. The Kier molecular flexibility index (Phi) is 5.20. The van der Waals surface area contributed by atoms with E-state index in [1.165, 1.54) is 0 Å². The fourth-order valence-electron chi connectivity index (χ4n) is 3.97. The first-order chi connectivity index (χ1) is 12.3. The van der Waals surface area contributed by atoms with E-state index in [0.717, 1.165) is 37.0 Å². The molecule has 3 fully saturated rings. The number of rotatable bonds is 6. The second-order valence-electron chi connectivity index (χ2n) is 7.79. The normalized spacial score (nSPS) is 29.5. The lowest BCUT2D eigenvalue weighted by molar-refractivity contribution is -0.151. The first-order valence-electron chi connectivity index (χ1n) is 9.42. The minimum Gasteiger partial charge on any atom is -0.454 e. The zero-order valence-corrected chi connectivity index (χ0v) is 15.4. The van der Waals surface area contributed by atoms with Gasteiger partial charge in [0.25, 0.3) is 11.8 Å². The van der Waals surface area contributed by atoms with Crippen LogP contribution in [0.25, 0.3) is 0 Å². The summed E-state index contributed by atoms with van der Waals surface area (Å²) in [5, 5.41) is 5.57. The quantitative estimate of drug-likeness (QED) is 0.538. The van der Waals surface area contributed by atoms with Crippen molar-refractivity contribution < 1.29 is 23.9 Å². The van der Waals surface area contributed by atoms with Crippen LogP contribution in [0.2, 0.25) is 0 Å². The predicted octanol–water partition coefficient (Wildman–Crippen LogP) is 0.945. The Labute approximate surface area is 153 Å². The fourth-order valence-corrected chi connectivity index (χ4v) is 3.97. The van der Waals surface area contributed by atoms with E-state index in [-0.39, 0.29) is 23.8 Å². The molecule has 2 aliphatic carbocycles. The molecule has 1 heterocycles. The average molecular weight is 365 g/mol. The molecule has 1 saturated heterocycles. The zero-order chi connectivity index (χ0) is 18.9. The van der Waals surface area contributed by atoms with Crippen LogP contribution in [0.15, 0.2) is 0 Å². The summed E-state index contributed by atoms with van der Waals surface area (Å²) in [7, 11) is 0. The lowest BCUT2D eigenvalue weighted by Gasteiger charge is -2.36. The van der Waals surface area contributed by atoms with Gasteiger partial charge in [-0.25, -0.2) is 4.79 Å². The number of carbonyl (C=O) groups is 4. The third-order valence-corrected chi connectivity index (χ3v) is 5.87. The van der Waals surface area contributed by atoms with Gasteiger partial charge in [-0.1, -0.05) is 19.8 Å². The smallest absolute Gasteiger partial charge is 0.326 e. The maximum absolute atomic E-state index is 12.8. The molecule has 3 atom stereocenters. The highest BCUT2D eigenvalue weighted by atomic mass is 16.5. The van der Waals surface area contributed by atoms with Crippen LogP contribution in [0.5, 0.6) is 0 Å². The summed E-state index contributed by atoms with van der Waals surface area (Å²) >= 11 is 0. The molecule has 2 saturated carbocycles. The summed E-state index contributed by atoms with van der Waals surface area (Å²) in [5.41, 5.74) is -0.896. The van der Waals surface area contributed by atoms with E-state index in [1.807, 2.05) is 13.8 Å². The predicted molar refractivity (Wildman–Crippen MR) is 91.9 cm³/mol. The molecule has 3 aliphatic rings. The molecule has 0 aromatic rings. The van der Waals surface area contributed by atoms with Crippen molar-refractivity contribution in [3.05, 3.63) is 0 Å². The molecule has 0 aromatic heterocycles. The number of carbonyl (C=O) groups excluding carboxylic acids is 4. The summed E-state index contributed by atoms with van der Waals surface area (Å²) in [4.78, 5) is 49.7. The van der Waals surface area contributed by atoms with Crippen LogP contribution < -0.4 is 10.6 Å². The molecule has 26 heavy (non-hydrogen) atoms. The third kappa shape index (κ3) is 3.68. The Morgan fingerprint density at radius 3 is 2.69 bits per heavy atom. The number of esters is 1. The molecular weight excluding hydrogens is 338 g/mol. The second kappa shape index (κ2) is 7.25. The van der Waals surface area contributed by atoms with Gasteiger partial charge in [0, 0.05) is 6.04 Å². The van der Waals surface area contributed by atoms with Gasteiger partial charge in [-0.3, -0.25) is 19.3 Å². The van der Waals surface area contributed by atoms with Crippen molar-refractivity contribution in [1.29, 1.82) is 0 Å². The highest BCUT2D eigenvalue weighted by Crippen LogP contribution is 2.38. The Morgan fingerprint density at radius 1 is 1.31 bits per heavy atom. The largest absolute Gasteiger partial charge is 0.454 e. The molecule has 8 heteroatoms. The van der Waals surface area contributed by atoms with E-state index < -0.39 is 30.7 Å². The SMILES string of the molecule is C[C@H](NC(=O)COC(=O)CN1C(=O)N[C@@]2(CCCC[C@@H]2C)C1=O)C1CC1. The third-order valence-electron chi connectivity index (χ3n) is 5.87. The first kappa shape index (κ1) is 18.7. The van der Waals surface area contributed by atoms with Crippen molar-refractivity contribution in [3.8, 4) is 0 Å². The molecule has 8 nitrogen and oxygen atoms in total. The Morgan fingerprint density at radius 2 is 2.04 bits per heavy atom. The lowest BCUT2D eigenvalue weighted by atomic mass is 9.73. The highest BCUT2D eigenvalue weighted by molar-refractivity contribution is 6.09. The minimum absolute atomic E-state index is 0.0309. The summed E-state index contributed by atoms with van der Waals surface area (Å²) in [6.07, 6.45) is 5.56. The average Bonchev–Trinajstić information content (AvgIpc) is 3.41. The number of amides is 4. The Hall–Kier alpha value is -2.12.